The van der Waals surface area contributed by atoms with E-state index in [1.54, 1.807) is 24.5 Å². The fourth-order valence-corrected chi connectivity index (χ4v) is 1.39. The standard InChI is InChI=1S/C13H12NO2/c15-13(9-11-5-2-1-3-6-11)14-10-12-7-4-8-16-12/h2-8H,9-10H2,(H,14,15). The van der Waals surface area contributed by atoms with E-state index in [0.717, 1.165) is 11.3 Å². The second-order valence-corrected chi connectivity index (χ2v) is 3.44. The highest BCUT2D eigenvalue weighted by atomic mass is 16.3. The molecular weight excluding hydrogens is 202 g/mol. The summed E-state index contributed by atoms with van der Waals surface area (Å²) in [5.41, 5.74) is 0.982. The Bertz CT molecular complexity index is 434. The molecule has 0 aliphatic rings. The molecule has 0 aliphatic heterocycles. The van der Waals surface area contributed by atoms with Crippen molar-refractivity contribution in [1.29, 1.82) is 0 Å². The van der Waals surface area contributed by atoms with E-state index in [9.17, 15) is 4.79 Å². The number of hydrogen-bond donors (Lipinski definition) is 1. The van der Waals surface area contributed by atoms with E-state index in [4.69, 9.17) is 4.42 Å². The van der Waals surface area contributed by atoms with Crippen molar-refractivity contribution >= 4 is 5.91 Å². The van der Waals surface area contributed by atoms with Crippen LogP contribution in [0.15, 0.2) is 47.1 Å². The average Bonchev–Trinajstić information content (AvgIpc) is 2.81. The van der Waals surface area contributed by atoms with E-state index in [1.165, 1.54) is 0 Å². The van der Waals surface area contributed by atoms with Crippen LogP contribution in [0.3, 0.4) is 0 Å². The molecule has 0 saturated heterocycles. The number of rotatable bonds is 4. The van der Waals surface area contributed by atoms with E-state index >= 15 is 0 Å². The molecule has 1 aromatic heterocycles. The summed E-state index contributed by atoms with van der Waals surface area (Å²) in [5.74, 6) is 0.748. The van der Waals surface area contributed by atoms with E-state index in [2.05, 4.69) is 11.4 Å². The van der Waals surface area contributed by atoms with E-state index in [1.807, 2.05) is 18.2 Å². The van der Waals surface area contributed by atoms with Crippen LogP contribution < -0.4 is 5.32 Å². The molecule has 0 bridgehead atoms. The molecule has 1 aromatic carbocycles. The minimum atomic E-state index is -0.0115. The normalized spacial score (nSPS) is 10.0. The third-order valence-corrected chi connectivity index (χ3v) is 2.19. The quantitative estimate of drug-likeness (QED) is 0.845. The number of carbonyl (C=O) groups excluding carboxylic acids is 1. The van der Waals surface area contributed by atoms with Gasteiger partial charge in [-0.05, 0) is 23.8 Å². The summed E-state index contributed by atoms with van der Waals surface area (Å²) in [4.78, 5) is 11.5. The van der Waals surface area contributed by atoms with E-state index < -0.39 is 0 Å². The van der Waals surface area contributed by atoms with Crippen LogP contribution in [0.4, 0.5) is 0 Å². The first-order chi connectivity index (χ1) is 7.84. The fraction of sp³-hybridized carbons (Fsp3) is 0.154. The van der Waals surface area contributed by atoms with Gasteiger partial charge in [0.2, 0.25) is 5.91 Å². The van der Waals surface area contributed by atoms with Gasteiger partial charge in [-0.2, -0.15) is 0 Å². The lowest BCUT2D eigenvalue weighted by Crippen LogP contribution is -2.24. The SMILES string of the molecule is O=C(Cc1cc[c]cc1)NCc1ccco1. The Morgan fingerprint density at radius 3 is 2.81 bits per heavy atom. The number of amides is 1. The summed E-state index contributed by atoms with van der Waals surface area (Å²) in [7, 11) is 0. The van der Waals surface area contributed by atoms with Crippen molar-refractivity contribution in [3.8, 4) is 0 Å². The van der Waals surface area contributed by atoms with Crippen molar-refractivity contribution in [1.82, 2.24) is 5.32 Å². The molecule has 0 aliphatic carbocycles. The second-order valence-electron chi connectivity index (χ2n) is 3.44. The molecule has 1 radical (unpaired) electrons. The average molecular weight is 214 g/mol. The zero-order valence-electron chi connectivity index (χ0n) is 8.77. The Hall–Kier alpha value is -2.03. The zero-order chi connectivity index (χ0) is 11.2. The van der Waals surface area contributed by atoms with Crippen LogP contribution in [0.5, 0.6) is 0 Å². The Morgan fingerprint density at radius 1 is 1.31 bits per heavy atom. The van der Waals surface area contributed by atoms with Crippen molar-refractivity contribution < 1.29 is 9.21 Å². The first kappa shape index (κ1) is 10.5. The Kier molecular flexibility index (Phi) is 3.38. The maximum atomic E-state index is 11.5. The van der Waals surface area contributed by atoms with Gasteiger partial charge < -0.3 is 9.73 Å². The topological polar surface area (TPSA) is 42.2 Å². The summed E-state index contributed by atoms with van der Waals surface area (Å²) in [6.07, 6.45) is 1.98. The molecule has 0 atom stereocenters. The van der Waals surface area contributed by atoms with Crippen LogP contribution in [-0.2, 0) is 17.8 Å². The van der Waals surface area contributed by atoms with Gasteiger partial charge >= 0.3 is 0 Å². The van der Waals surface area contributed by atoms with Gasteiger partial charge in [-0.1, -0.05) is 24.3 Å². The molecule has 0 spiro atoms. The highest BCUT2D eigenvalue weighted by Gasteiger charge is 2.03. The predicted molar refractivity (Wildman–Crippen MR) is 59.5 cm³/mol. The maximum Gasteiger partial charge on any atom is 0.224 e. The molecule has 1 amide bonds. The fourth-order valence-electron chi connectivity index (χ4n) is 1.39. The van der Waals surface area contributed by atoms with Crippen LogP contribution in [0.1, 0.15) is 11.3 Å². The molecule has 3 nitrogen and oxygen atoms in total. The molecule has 16 heavy (non-hydrogen) atoms. The van der Waals surface area contributed by atoms with Crippen LogP contribution in [-0.4, -0.2) is 5.91 Å². The number of benzene rings is 1. The summed E-state index contributed by atoms with van der Waals surface area (Å²) < 4.78 is 5.11. The number of nitrogens with one attached hydrogen (secondary N) is 1. The number of furan rings is 1. The second kappa shape index (κ2) is 5.16. The highest BCUT2D eigenvalue weighted by Crippen LogP contribution is 2.01. The van der Waals surface area contributed by atoms with Crippen molar-refractivity contribution in [2.45, 2.75) is 13.0 Å². The third-order valence-electron chi connectivity index (χ3n) is 2.19. The monoisotopic (exact) mass is 214 g/mol. The van der Waals surface area contributed by atoms with Crippen molar-refractivity contribution in [2.24, 2.45) is 0 Å². The Labute approximate surface area is 94.1 Å². The lowest BCUT2D eigenvalue weighted by Gasteiger charge is -2.02. The smallest absolute Gasteiger partial charge is 0.224 e. The summed E-state index contributed by atoms with van der Waals surface area (Å²) in [6.45, 7) is 0.435. The molecule has 0 fully saturated rings. The highest BCUT2D eigenvalue weighted by molar-refractivity contribution is 5.78. The lowest BCUT2D eigenvalue weighted by atomic mass is 10.1. The third kappa shape index (κ3) is 2.98. The summed E-state index contributed by atoms with van der Waals surface area (Å²) in [6, 6.07) is 13.9. The van der Waals surface area contributed by atoms with Crippen molar-refractivity contribution in [2.75, 3.05) is 0 Å². The molecule has 2 aromatic rings. The van der Waals surface area contributed by atoms with Gasteiger partial charge in [0.15, 0.2) is 0 Å². The molecule has 1 heterocycles. The van der Waals surface area contributed by atoms with Gasteiger partial charge in [-0.25, -0.2) is 0 Å². The van der Waals surface area contributed by atoms with Crippen LogP contribution in [0.2, 0.25) is 0 Å². The molecule has 0 unspecified atom stereocenters. The van der Waals surface area contributed by atoms with Crippen molar-refractivity contribution in [3.05, 3.63) is 60.1 Å². The minimum Gasteiger partial charge on any atom is -0.467 e. The molecule has 0 saturated carbocycles. The van der Waals surface area contributed by atoms with Gasteiger partial charge in [0, 0.05) is 0 Å². The first-order valence-electron chi connectivity index (χ1n) is 5.08. The summed E-state index contributed by atoms with van der Waals surface area (Å²) in [5, 5.41) is 2.79. The molecular formula is C13H12NO2. The largest absolute Gasteiger partial charge is 0.467 e. The van der Waals surface area contributed by atoms with E-state index in [0.29, 0.717) is 13.0 Å². The van der Waals surface area contributed by atoms with Gasteiger partial charge in [0.25, 0.3) is 0 Å². The predicted octanol–water partition coefficient (Wildman–Crippen LogP) is 1.94. The van der Waals surface area contributed by atoms with E-state index in [-0.39, 0.29) is 5.91 Å². The molecule has 2 rings (SSSR count). The molecule has 1 N–H and O–H groups in total. The van der Waals surface area contributed by atoms with Gasteiger partial charge in [-0.15, -0.1) is 0 Å². The number of carbonyl (C=O) groups is 1. The molecule has 3 heteroatoms. The van der Waals surface area contributed by atoms with Gasteiger partial charge in [0.1, 0.15) is 5.76 Å². The minimum absolute atomic E-state index is 0.0115. The van der Waals surface area contributed by atoms with Crippen LogP contribution >= 0.6 is 0 Å². The Balaban J connectivity index is 1.81. The summed E-state index contributed by atoms with van der Waals surface area (Å²) >= 11 is 0. The van der Waals surface area contributed by atoms with Crippen molar-refractivity contribution in [3.63, 3.8) is 0 Å². The van der Waals surface area contributed by atoms with Crippen LogP contribution in [0, 0.1) is 6.07 Å². The zero-order valence-corrected chi connectivity index (χ0v) is 8.77. The molecule has 81 valence electrons. The van der Waals surface area contributed by atoms with Gasteiger partial charge in [-0.3, -0.25) is 4.79 Å². The van der Waals surface area contributed by atoms with Crippen LogP contribution in [0.25, 0.3) is 0 Å². The first-order valence-corrected chi connectivity index (χ1v) is 5.08. The Morgan fingerprint density at radius 2 is 2.12 bits per heavy atom. The maximum absolute atomic E-state index is 11.5. The lowest BCUT2D eigenvalue weighted by molar-refractivity contribution is -0.120. The number of hydrogen-bond acceptors (Lipinski definition) is 2. The van der Waals surface area contributed by atoms with Gasteiger partial charge in [0.05, 0.1) is 19.2 Å².